The van der Waals surface area contributed by atoms with Crippen molar-refractivity contribution in [1.29, 1.82) is 0 Å². The molecule has 1 nitrogen and oxygen atoms in total. The van der Waals surface area contributed by atoms with Gasteiger partial charge in [-0.15, -0.1) is 0 Å². The molecule has 0 radical (unpaired) electrons. The summed E-state index contributed by atoms with van der Waals surface area (Å²) in [6.07, 6.45) is 6.07. The predicted molar refractivity (Wildman–Crippen MR) is 122 cm³/mol. The molecule has 0 unspecified atom stereocenters. The van der Waals surface area contributed by atoms with Crippen LogP contribution in [0.1, 0.15) is 5.56 Å². The first-order valence-corrected chi connectivity index (χ1v) is 9.49. The molecule has 1 heteroatoms. The second kappa shape index (κ2) is 7.98. The molecule has 0 aliphatic rings. The van der Waals surface area contributed by atoms with Gasteiger partial charge in [0.1, 0.15) is 0 Å². The molecule has 28 heavy (non-hydrogen) atoms. The third-order valence-electron chi connectivity index (χ3n) is 4.88. The van der Waals surface area contributed by atoms with Gasteiger partial charge in [0.15, 0.2) is 0 Å². The Balaban J connectivity index is 1.94. The fourth-order valence-electron chi connectivity index (χ4n) is 3.38. The van der Waals surface area contributed by atoms with Crippen LogP contribution in [0, 0.1) is 6.92 Å². The summed E-state index contributed by atoms with van der Waals surface area (Å²) in [4.78, 5) is 2.25. The molecule has 0 amide bonds. The third-order valence-corrected chi connectivity index (χ3v) is 4.88. The van der Waals surface area contributed by atoms with Crippen LogP contribution < -0.4 is 15.3 Å². The van der Waals surface area contributed by atoms with E-state index in [4.69, 9.17) is 0 Å². The lowest BCUT2D eigenvalue weighted by molar-refractivity contribution is 1.32. The lowest BCUT2D eigenvalue weighted by atomic mass is 10.1. The van der Waals surface area contributed by atoms with Crippen LogP contribution in [0.25, 0.3) is 23.0 Å². The van der Waals surface area contributed by atoms with E-state index in [0.717, 1.165) is 21.8 Å². The highest BCUT2D eigenvalue weighted by atomic mass is 15.1. The zero-order valence-corrected chi connectivity index (χ0v) is 16.0. The van der Waals surface area contributed by atoms with Gasteiger partial charge in [-0.05, 0) is 52.4 Å². The highest BCUT2D eigenvalue weighted by molar-refractivity contribution is 5.88. The number of benzene rings is 4. The van der Waals surface area contributed by atoms with Crippen LogP contribution in [0.5, 0.6) is 0 Å². The van der Waals surface area contributed by atoms with Crippen LogP contribution in [0.2, 0.25) is 0 Å². The fourth-order valence-corrected chi connectivity index (χ4v) is 3.38. The molecular weight excluding hydrogens is 338 g/mol. The number of fused-ring (bicyclic) bond motifs is 1. The highest BCUT2D eigenvalue weighted by Crippen LogP contribution is 2.29. The molecule has 0 bridgehead atoms. The molecule has 0 heterocycles. The van der Waals surface area contributed by atoms with Gasteiger partial charge < -0.3 is 4.90 Å². The van der Waals surface area contributed by atoms with Crippen LogP contribution >= 0.6 is 0 Å². The van der Waals surface area contributed by atoms with Crippen LogP contribution in [0.15, 0.2) is 104 Å². The molecule has 0 aliphatic carbocycles. The number of nitrogens with zero attached hydrogens (tertiary/aromatic N) is 1. The molecule has 0 aromatic heterocycles. The number of anilines is 2. The molecule has 4 aromatic rings. The summed E-state index contributed by atoms with van der Waals surface area (Å²) in [5.74, 6) is 0. The number of allylic oxidation sites excluding steroid dienone is 1. The monoisotopic (exact) mass is 361 g/mol. The van der Waals surface area contributed by atoms with Crippen LogP contribution in [-0.2, 0) is 0 Å². The topological polar surface area (TPSA) is 3.24 Å². The zero-order chi connectivity index (χ0) is 19.3. The van der Waals surface area contributed by atoms with E-state index >= 15 is 0 Å². The summed E-state index contributed by atoms with van der Waals surface area (Å²) in [5.41, 5.74) is 3.52. The molecule has 0 spiro atoms. The Bertz CT molecular complexity index is 1230. The molecule has 4 aromatic carbocycles. The van der Waals surface area contributed by atoms with E-state index < -0.39 is 0 Å². The fraction of sp³-hybridized carbons (Fsp3) is 0.0370. The summed E-state index contributed by atoms with van der Waals surface area (Å²) in [5, 5.41) is 4.78. The second-order valence-corrected chi connectivity index (χ2v) is 6.90. The Morgan fingerprint density at radius 3 is 2.07 bits per heavy atom. The second-order valence-electron chi connectivity index (χ2n) is 6.90. The minimum atomic E-state index is 1.13. The van der Waals surface area contributed by atoms with Crippen molar-refractivity contribution >= 4 is 34.4 Å². The van der Waals surface area contributed by atoms with E-state index in [1.54, 1.807) is 0 Å². The molecule has 0 atom stereocenters. The molecule has 0 aliphatic heterocycles. The normalized spacial score (nSPS) is 12.3. The minimum Gasteiger partial charge on any atom is -0.317 e. The Kier molecular flexibility index (Phi) is 5.07. The average Bonchev–Trinajstić information content (AvgIpc) is 2.74. The SMILES string of the molecule is C=C/C=c1/cccc/c1=C/N(c1ccc(C)cc1)c1ccc2ccccc2c1. The van der Waals surface area contributed by atoms with Crippen molar-refractivity contribution in [3.05, 3.63) is 120 Å². The van der Waals surface area contributed by atoms with E-state index in [9.17, 15) is 0 Å². The Morgan fingerprint density at radius 2 is 1.32 bits per heavy atom. The van der Waals surface area contributed by atoms with Crippen LogP contribution in [0.4, 0.5) is 11.4 Å². The average molecular weight is 361 g/mol. The molecule has 0 saturated heterocycles. The molecule has 4 rings (SSSR count). The number of rotatable bonds is 4. The van der Waals surface area contributed by atoms with Gasteiger partial charge in [-0.25, -0.2) is 0 Å². The minimum absolute atomic E-state index is 1.13. The van der Waals surface area contributed by atoms with Crippen molar-refractivity contribution in [1.82, 2.24) is 0 Å². The van der Waals surface area contributed by atoms with E-state index in [2.05, 4.69) is 116 Å². The molecule has 136 valence electrons. The summed E-state index contributed by atoms with van der Waals surface area (Å²) >= 11 is 0. The largest absolute Gasteiger partial charge is 0.317 e. The van der Waals surface area contributed by atoms with Crippen molar-refractivity contribution in [2.75, 3.05) is 4.90 Å². The number of hydrogen-bond acceptors (Lipinski definition) is 1. The maximum Gasteiger partial charge on any atom is 0.0462 e. The summed E-state index contributed by atoms with van der Waals surface area (Å²) in [6.45, 7) is 5.97. The maximum atomic E-state index is 3.85. The van der Waals surface area contributed by atoms with Gasteiger partial charge in [-0.2, -0.15) is 0 Å². The van der Waals surface area contributed by atoms with Gasteiger partial charge in [0.25, 0.3) is 0 Å². The molecule has 0 fully saturated rings. The Hall–Kier alpha value is -3.58. The van der Waals surface area contributed by atoms with E-state index in [1.165, 1.54) is 16.3 Å². The van der Waals surface area contributed by atoms with Crippen molar-refractivity contribution in [2.45, 2.75) is 6.92 Å². The Labute approximate surface area is 166 Å². The standard InChI is InChI=1S/C27H23N/c1-3-8-22-9-5-7-12-25(22)20-28(26-16-13-21(2)14-17-26)27-18-15-23-10-4-6-11-24(23)19-27/h3-20H,1H2,2H3/b22-8-,25-20-. The van der Waals surface area contributed by atoms with Crippen molar-refractivity contribution < 1.29 is 0 Å². The van der Waals surface area contributed by atoms with Gasteiger partial charge >= 0.3 is 0 Å². The smallest absolute Gasteiger partial charge is 0.0462 e. The van der Waals surface area contributed by atoms with Gasteiger partial charge in [-0.1, -0.05) is 91.0 Å². The van der Waals surface area contributed by atoms with Crippen LogP contribution in [0.3, 0.4) is 0 Å². The summed E-state index contributed by atoms with van der Waals surface area (Å²) < 4.78 is 0. The Morgan fingerprint density at radius 1 is 0.679 bits per heavy atom. The first-order valence-electron chi connectivity index (χ1n) is 9.49. The summed E-state index contributed by atoms with van der Waals surface area (Å²) in [6, 6.07) is 32.1. The van der Waals surface area contributed by atoms with Crippen molar-refractivity contribution in [3.8, 4) is 0 Å². The molecule has 0 saturated carbocycles. The highest BCUT2D eigenvalue weighted by Gasteiger charge is 2.08. The van der Waals surface area contributed by atoms with E-state index in [-0.39, 0.29) is 0 Å². The van der Waals surface area contributed by atoms with Gasteiger partial charge in [0, 0.05) is 17.6 Å². The van der Waals surface area contributed by atoms with Gasteiger partial charge in [0.05, 0.1) is 0 Å². The molecular formula is C27H23N. The first-order chi connectivity index (χ1) is 13.7. The quantitative estimate of drug-likeness (QED) is 0.451. The maximum absolute atomic E-state index is 3.85. The van der Waals surface area contributed by atoms with Crippen LogP contribution in [-0.4, -0.2) is 0 Å². The lowest BCUT2D eigenvalue weighted by Gasteiger charge is -2.22. The predicted octanol–water partition coefficient (Wildman–Crippen LogP) is 5.69. The van der Waals surface area contributed by atoms with E-state index in [1.807, 2.05) is 12.2 Å². The van der Waals surface area contributed by atoms with E-state index in [0.29, 0.717) is 0 Å². The van der Waals surface area contributed by atoms with Gasteiger partial charge in [-0.3, -0.25) is 0 Å². The third kappa shape index (κ3) is 3.74. The number of aryl methyl sites for hydroxylation is 1. The first kappa shape index (κ1) is 17.8. The number of hydrogen-bond donors (Lipinski definition) is 0. The van der Waals surface area contributed by atoms with Gasteiger partial charge in [0.2, 0.25) is 0 Å². The van der Waals surface area contributed by atoms with Crippen molar-refractivity contribution in [2.24, 2.45) is 0 Å². The zero-order valence-electron chi connectivity index (χ0n) is 16.0. The lowest BCUT2D eigenvalue weighted by Crippen LogP contribution is -2.27. The molecule has 0 N–H and O–H groups in total. The van der Waals surface area contributed by atoms with Crippen molar-refractivity contribution in [3.63, 3.8) is 0 Å². The summed E-state index contributed by atoms with van der Waals surface area (Å²) in [7, 11) is 0.